The minimum Gasteiger partial charge on any atom is -0.330 e. The number of urea groups is 1. The summed E-state index contributed by atoms with van der Waals surface area (Å²) in [5, 5.41) is 8.33. The Kier molecular flexibility index (Phi) is 8.94. The molecule has 3 amide bonds. The van der Waals surface area contributed by atoms with Gasteiger partial charge >= 0.3 is 6.03 Å². The second-order valence-corrected chi connectivity index (χ2v) is 8.06. The fourth-order valence-corrected chi connectivity index (χ4v) is 3.41. The lowest BCUT2D eigenvalue weighted by Crippen LogP contribution is -2.45. The zero-order chi connectivity index (χ0) is 24.3. The number of aryl methyl sites for hydroxylation is 1. The third-order valence-corrected chi connectivity index (χ3v) is 5.33. The molecule has 0 heterocycles. The second-order valence-electron chi connectivity index (χ2n) is 8.06. The molecule has 0 bridgehead atoms. The zero-order valence-electron chi connectivity index (χ0n) is 19.2. The highest BCUT2D eigenvalue weighted by Gasteiger charge is 2.21. The predicted molar refractivity (Wildman–Crippen MR) is 135 cm³/mol. The quantitative estimate of drug-likeness (QED) is 0.265. The maximum absolute atomic E-state index is 12.8. The molecule has 7 nitrogen and oxygen atoms in total. The maximum atomic E-state index is 12.8. The van der Waals surface area contributed by atoms with E-state index in [1.54, 1.807) is 36.4 Å². The summed E-state index contributed by atoms with van der Waals surface area (Å²) >= 11 is 0. The van der Waals surface area contributed by atoms with Crippen LogP contribution in [0, 0.1) is 6.92 Å². The number of benzene rings is 3. The molecule has 0 aliphatic heterocycles. The maximum Gasteiger partial charge on any atom is 0.319 e. The van der Waals surface area contributed by atoms with E-state index in [0.29, 0.717) is 41.9 Å². The van der Waals surface area contributed by atoms with Crippen LogP contribution in [0.1, 0.15) is 40.7 Å². The molecule has 0 saturated heterocycles. The van der Waals surface area contributed by atoms with Gasteiger partial charge in [-0.25, -0.2) is 4.79 Å². The second kappa shape index (κ2) is 12.3. The molecular formula is C27H30N4O3. The van der Waals surface area contributed by atoms with E-state index in [-0.39, 0.29) is 11.7 Å². The van der Waals surface area contributed by atoms with Crippen LogP contribution < -0.4 is 21.7 Å². The molecule has 5 N–H and O–H groups in total. The number of nitrogens with two attached hydrogens (primary N) is 1. The lowest BCUT2D eigenvalue weighted by atomic mass is 10.0. The summed E-state index contributed by atoms with van der Waals surface area (Å²) in [4.78, 5) is 38.0. The van der Waals surface area contributed by atoms with Crippen LogP contribution in [0.5, 0.6) is 0 Å². The van der Waals surface area contributed by atoms with Gasteiger partial charge < -0.3 is 21.7 Å². The number of rotatable bonds is 10. The number of anilines is 2. The van der Waals surface area contributed by atoms with Crippen LogP contribution in [0.4, 0.5) is 16.2 Å². The molecule has 0 aliphatic rings. The molecule has 0 unspecified atom stereocenters. The molecular weight excluding hydrogens is 428 g/mol. The van der Waals surface area contributed by atoms with E-state index in [4.69, 9.17) is 5.73 Å². The largest absolute Gasteiger partial charge is 0.330 e. The minimum absolute atomic E-state index is 0.0932. The van der Waals surface area contributed by atoms with Gasteiger partial charge in [-0.05, 0) is 69.1 Å². The van der Waals surface area contributed by atoms with Crippen molar-refractivity contribution in [1.82, 2.24) is 5.32 Å². The summed E-state index contributed by atoms with van der Waals surface area (Å²) in [6.45, 7) is 2.49. The average Bonchev–Trinajstić information content (AvgIpc) is 2.85. The summed E-state index contributed by atoms with van der Waals surface area (Å²) in [6.07, 6.45) is 1.93. The molecule has 0 aliphatic carbocycles. The van der Waals surface area contributed by atoms with Crippen LogP contribution in [-0.4, -0.2) is 30.3 Å². The number of nitrogens with one attached hydrogen (secondary N) is 3. The zero-order valence-corrected chi connectivity index (χ0v) is 19.2. The minimum atomic E-state index is -0.716. The summed E-state index contributed by atoms with van der Waals surface area (Å²) in [6, 6.07) is 21.9. The van der Waals surface area contributed by atoms with E-state index in [9.17, 15) is 14.4 Å². The van der Waals surface area contributed by atoms with Crippen LogP contribution in [0.15, 0.2) is 78.9 Å². The summed E-state index contributed by atoms with van der Waals surface area (Å²) in [5.41, 5.74) is 8.97. The Hall–Kier alpha value is -3.97. The smallest absolute Gasteiger partial charge is 0.319 e. The van der Waals surface area contributed by atoms with E-state index < -0.39 is 12.1 Å². The Labute approximate surface area is 199 Å². The van der Waals surface area contributed by atoms with Crippen molar-refractivity contribution in [2.24, 2.45) is 5.73 Å². The van der Waals surface area contributed by atoms with Crippen LogP contribution in [0.3, 0.4) is 0 Å². The Morgan fingerprint density at radius 3 is 2.00 bits per heavy atom. The van der Waals surface area contributed by atoms with Crippen molar-refractivity contribution >= 4 is 29.1 Å². The van der Waals surface area contributed by atoms with Gasteiger partial charge in [-0.1, -0.05) is 48.0 Å². The molecule has 3 aromatic carbocycles. The first-order chi connectivity index (χ1) is 16.5. The summed E-state index contributed by atoms with van der Waals surface area (Å²) in [7, 11) is 0. The van der Waals surface area contributed by atoms with Gasteiger partial charge in [0.25, 0.3) is 0 Å². The SMILES string of the molecule is Cc1ccc(NC(=O)[C@H](CCCCN)NC(=O)Nc2ccc(C(=O)c3ccccc3)cc2)cc1. The lowest BCUT2D eigenvalue weighted by Gasteiger charge is -2.19. The van der Waals surface area contributed by atoms with Crippen LogP contribution in [0.2, 0.25) is 0 Å². The standard InChI is InChI=1S/C27H30N4O3/c1-19-10-14-22(15-11-19)29-26(33)24(9-5-6-18-28)31-27(34)30-23-16-12-21(13-17-23)25(32)20-7-3-2-4-8-20/h2-4,7-8,10-17,24H,5-6,9,18,28H2,1H3,(H,29,33)(H2,30,31,34)/t24-/m0/s1. The van der Waals surface area contributed by atoms with E-state index in [1.807, 2.05) is 49.4 Å². The third-order valence-electron chi connectivity index (χ3n) is 5.33. The van der Waals surface area contributed by atoms with Crippen molar-refractivity contribution in [3.05, 3.63) is 95.6 Å². The summed E-state index contributed by atoms with van der Waals surface area (Å²) < 4.78 is 0. The molecule has 0 spiro atoms. The third kappa shape index (κ3) is 7.28. The first-order valence-corrected chi connectivity index (χ1v) is 11.3. The van der Waals surface area contributed by atoms with E-state index in [0.717, 1.165) is 12.0 Å². The average molecular weight is 459 g/mol. The monoisotopic (exact) mass is 458 g/mol. The van der Waals surface area contributed by atoms with Crippen molar-refractivity contribution in [2.75, 3.05) is 17.2 Å². The highest BCUT2D eigenvalue weighted by atomic mass is 16.2. The molecule has 3 rings (SSSR count). The number of ketones is 1. The number of carbonyl (C=O) groups excluding carboxylic acids is 3. The van der Waals surface area contributed by atoms with Gasteiger partial charge in [0, 0.05) is 22.5 Å². The molecule has 0 aromatic heterocycles. The van der Waals surface area contributed by atoms with Crippen molar-refractivity contribution in [3.63, 3.8) is 0 Å². The molecule has 0 radical (unpaired) electrons. The lowest BCUT2D eigenvalue weighted by molar-refractivity contribution is -0.118. The number of unbranched alkanes of at least 4 members (excludes halogenated alkanes) is 1. The highest BCUT2D eigenvalue weighted by Crippen LogP contribution is 2.15. The Balaban J connectivity index is 1.61. The van der Waals surface area contributed by atoms with Gasteiger partial charge in [-0.3, -0.25) is 9.59 Å². The molecule has 3 aromatic rings. The fraction of sp³-hybridized carbons (Fsp3) is 0.222. The van der Waals surface area contributed by atoms with E-state index in [1.165, 1.54) is 0 Å². The van der Waals surface area contributed by atoms with Crippen molar-refractivity contribution < 1.29 is 14.4 Å². The van der Waals surface area contributed by atoms with Gasteiger partial charge in [0.1, 0.15) is 6.04 Å². The van der Waals surface area contributed by atoms with Gasteiger partial charge in [-0.15, -0.1) is 0 Å². The molecule has 34 heavy (non-hydrogen) atoms. The number of hydrogen-bond donors (Lipinski definition) is 4. The molecule has 0 saturated carbocycles. The molecule has 1 atom stereocenters. The highest BCUT2D eigenvalue weighted by molar-refractivity contribution is 6.09. The predicted octanol–water partition coefficient (Wildman–Crippen LogP) is 4.48. The van der Waals surface area contributed by atoms with E-state index >= 15 is 0 Å². The van der Waals surface area contributed by atoms with Gasteiger partial charge in [0.15, 0.2) is 5.78 Å². The fourth-order valence-electron chi connectivity index (χ4n) is 3.41. The number of hydrogen-bond acceptors (Lipinski definition) is 4. The Bertz CT molecular complexity index is 1100. The molecule has 0 fully saturated rings. The van der Waals surface area contributed by atoms with E-state index in [2.05, 4.69) is 16.0 Å². The van der Waals surface area contributed by atoms with Gasteiger partial charge in [-0.2, -0.15) is 0 Å². The Morgan fingerprint density at radius 1 is 0.765 bits per heavy atom. The topological polar surface area (TPSA) is 113 Å². The number of carbonyl (C=O) groups is 3. The van der Waals surface area contributed by atoms with Crippen molar-refractivity contribution in [3.8, 4) is 0 Å². The molecule has 176 valence electrons. The van der Waals surface area contributed by atoms with Crippen LogP contribution in [0.25, 0.3) is 0 Å². The molecule has 7 heteroatoms. The van der Waals surface area contributed by atoms with Crippen molar-refractivity contribution in [2.45, 2.75) is 32.2 Å². The van der Waals surface area contributed by atoms with Crippen LogP contribution >= 0.6 is 0 Å². The van der Waals surface area contributed by atoms with Crippen molar-refractivity contribution in [1.29, 1.82) is 0 Å². The Morgan fingerprint density at radius 2 is 1.35 bits per heavy atom. The van der Waals surface area contributed by atoms with Gasteiger partial charge in [0.2, 0.25) is 5.91 Å². The first-order valence-electron chi connectivity index (χ1n) is 11.3. The summed E-state index contributed by atoms with van der Waals surface area (Å²) in [5.74, 6) is -0.385. The number of amides is 3. The van der Waals surface area contributed by atoms with Crippen LogP contribution in [-0.2, 0) is 4.79 Å². The normalized spacial score (nSPS) is 11.4. The van der Waals surface area contributed by atoms with Gasteiger partial charge in [0.05, 0.1) is 0 Å². The first kappa shape index (κ1) is 24.7.